The molecule has 0 aliphatic carbocycles. The first-order valence-electron chi connectivity index (χ1n) is 6.62. The summed E-state index contributed by atoms with van der Waals surface area (Å²) in [5, 5.41) is 2.31. The topological polar surface area (TPSA) is 102 Å². The van der Waals surface area contributed by atoms with Gasteiger partial charge in [0.05, 0.1) is 10.0 Å². The van der Waals surface area contributed by atoms with Crippen LogP contribution >= 0.6 is 39.1 Å². The highest BCUT2D eigenvalue weighted by Gasteiger charge is 2.23. The lowest BCUT2D eigenvalue weighted by Crippen LogP contribution is -2.36. The highest BCUT2D eigenvalue weighted by atomic mass is 79.9. The monoisotopic (exact) mass is 460 g/mol. The van der Waals surface area contributed by atoms with Crippen molar-refractivity contribution in [2.45, 2.75) is 24.8 Å². The summed E-state index contributed by atoms with van der Waals surface area (Å²) >= 11 is 14.9. The quantitative estimate of drug-likeness (QED) is 0.605. The van der Waals surface area contributed by atoms with Crippen molar-refractivity contribution < 1.29 is 22.7 Å². The lowest BCUT2D eigenvalue weighted by atomic mass is 10.4. The molecule has 0 aliphatic heterocycles. The first kappa shape index (κ1) is 21.2. The van der Waals surface area contributed by atoms with E-state index < -0.39 is 35.1 Å². The van der Waals surface area contributed by atoms with Crippen LogP contribution in [0.15, 0.2) is 21.5 Å². The minimum atomic E-state index is -4.13. The molecule has 0 heterocycles. The summed E-state index contributed by atoms with van der Waals surface area (Å²) in [5.41, 5.74) is 0. The fourth-order valence-electron chi connectivity index (χ4n) is 1.57. The molecule has 0 spiro atoms. The number of amides is 1. The molecule has 0 bridgehead atoms. The summed E-state index contributed by atoms with van der Waals surface area (Å²) in [6.07, 6.45) is 0. The zero-order valence-corrected chi connectivity index (χ0v) is 16.6. The van der Waals surface area contributed by atoms with Gasteiger partial charge in [-0.3, -0.25) is 9.59 Å². The maximum absolute atomic E-state index is 12.2. The molecule has 24 heavy (non-hydrogen) atoms. The minimum Gasteiger partial charge on any atom is -0.455 e. The van der Waals surface area contributed by atoms with E-state index in [1.807, 2.05) is 4.72 Å². The van der Waals surface area contributed by atoms with Crippen LogP contribution in [0.3, 0.4) is 0 Å². The predicted octanol–water partition coefficient (Wildman–Crippen LogP) is 2.10. The molecule has 0 aromatic heterocycles. The first-order valence-corrected chi connectivity index (χ1v) is 9.65. The second-order valence-electron chi connectivity index (χ2n) is 4.91. The van der Waals surface area contributed by atoms with Crippen molar-refractivity contribution in [2.24, 2.45) is 0 Å². The van der Waals surface area contributed by atoms with Gasteiger partial charge in [0.2, 0.25) is 10.0 Å². The molecule has 0 atom stereocenters. The van der Waals surface area contributed by atoms with E-state index in [4.69, 9.17) is 23.2 Å². The summed E-state index contributed by atoms with van der Waals surface area (Å²) in [5.74, 6) is -1.40. The second kappa shape index (κ2) is 9.00. The smallest absolute Gasteiger partial charge is 0.321 e. The highest BCUT2D eigenvalue weighted by Crippen LogP contribution is 2.32. The minimum absolute atomic E-state index is 0.101. The molecule has 0 aliphatic rings. The van der Waals surface area contributed by atoms with E-state index in [1.165, 1.54) is 12.1 Å². The van der Waals surface area contributed by atoms with Gasteiger partial charge in [-0.05, 0) is 26.0 Å². The summed E-state index contributed by atoms with van der Waals surface area (Å²) in [4.78, 5) is 22.5. The van der Waals surface area contributed by atoms with Crippen molar-refractivity contribution >= 4 is 61.0 Å². The third-order valence-electron chi connectivity index (χ3n) is 2.45. The fourth-order valence-corrected chi connectivity index (χ4v) is 4.47. The summed E-state index contributed by atoms with van der Waals surface area (Å²) in [7, 11) is -4.13. The highest BCUT2D eigenvalue weighted by molar-refractivity contribution is 9.10. The first-order chi connectivity index (χ1) is 11.0. The number of ether oxygens (including phenoxy) is 1. The number of halogens is 3. The Hall–Kier alpha value is -0.870. The Bertz CT molecular complexity index is 717. The Labute approximate surface area is 158 Å². The Balaban J connectivity index is 2.66. The van der Waals surface area contributed by atoms with Crippen molar-refractivity contribution in [3.63, 3.8) is 0 Å². The van der Waals surface area contributed by atoms with Crippen LogP contribution in [0.25, 0.3) is 0 Å². The number of carbonyl (C=O) groups is 2. The predicted molar refractivity (Wildman–Crippen MR) is 93.6 cm³/mol. The van der Waals surface area contributed by atoms with Crippen LogP contribution in [0, 0.1) is 0 Å². The van der Waals surface area contributed by atoms with E-state index in [0.29, 0.717) is 4.47 Å². The third kappa shape index (κ3) is 6.56. The molecule has 1 aromatic rings. The van der Waals surface area contributed by atoms with Gasteiger partial charge in [0.25, 0.3) is 5.91 Å². The van der Waals surface area contributed by atoms with E-state index in [0.717, 1.165) is 0 Å². The van der Waals surface area contributed by atoms with E-state index in [9.17, 15) is 18.0 Å². The molecular formula is C13H15BrCl2N2O5S. The molecule has 1 aromatic carbocycles. The molecule has 0 saturated heterocycles. The lowest BCUT2D eigenvalue weighted by molar-refractivity contribution is -0.147. The largest absolute Gasteiger partial charge is 0.455 e. The van der Waals surface area contributed by atoms with Crippen LogP contribution in [-0.4, -0.2) is 39.5 Å². The maximum Gasteiger partial charge on any atom is 0.321 e. The van der Waals surface area contributed by atoms with Crippen LogP contribution in [-0.2, 0) is 24.3 Å². The Morgan fingerprint density at radius 1 is 1.25 bits per heavy atom. The molecule has 0 unspecified atom stereocenters. The fraction of sp³-hybridized carbons (Fsp3) is 0.385. The second-order valence-corrected chi connectivity index (χ2v) is 8.34. The van der Waals surface area contributed by atoms with Gasteiger partial charge in [-0.15, -0.1) is 0 Å². The van der Waals surface area contributed by atoms with E-state index >= 15 is 0 Å². The number of carbonyl (C=O) groups excluding carboxylic acids is 2. The molecule has 2 N–H and O–H groups in total. The van der Waals surface area contributed by atoms with Crippen LogP contribution in [0.1, 0.15) is 13.8 Å². The van der Waals surface area contributed by atoms with Gasteiger partial charge in [-0.25, -0.2) is 8.42 Å². The van der Waals surface area contributed by atoms with Crippen molar-refractivity contribution in [3.8, 4) is 0 Å². The molecule has 7 nitrogen and oxygen atoms in total. The van der Waals surface area contributed by atoms with Gasteiger partial charge in [0, 0.05) is 10.5 Å². The third-order valence-corrected chi connectivity index (χ3v) is 5.23. The maximum atomic E-state index is 12.2. The zero-order chi connectivity index (χ0) is 18.5. The van der Waals surface area contributed by atoms with Gasteiger partial charge in [-0.2, -0.15) is 4.72 Å². The van der Waals surface area contributed by atoms with Gasteiger partial charge >= 0.3 is 5.97 Å². The van der Waals surface area contributed by atoms with Crippen molar-refractivity contribution in [3.05, 3.63) is 26.7 Å². The van der Waals surface area contributed by atoms with Crippen LogP contribution < -0.4 is 10.0 Å². The molecular weight excluding hydrogens is 447 g/mol. The summed E-state index contributed by atoms with van der Waals surface area (Å²) in [6, 6.07) is 2.61. The Morgan fingerprint density at radius 3 is 2.29 bits per heavy atom. The number of nitrogens with one attached hydrogen (secondary N) is 2. The van der Waals surface area contributed by atoms with E-state index in [1.54, 1.807) is 13.8 Å². The van der Waals surface area contributed by atoms with E-state index in [2.05, 4.69) is 26.0 Å². The molecule has 0 saturated carbocycles. The average molecular weight is 462 g/mol. The van der Waals surface area contributed by atoms with Crippen molar-refractivity contribution in [1.82, 2.24) is 10.0 Å². The molecule has 1 rings (SSSR count). The molecule has 134 valence electrons. The van der Waals surface area contributed by atoms with Crippen LogP contribution in [0.2, 0.25) is 10.0 Å². The summed E-state index contributed by atoms with van der Waals surface area (Å²) < 4.78 is 31.6. The molecule has 11 heteroatoms. The summed E-state index contributed by atoms with van der Waals surface area (Å²) in [6.45, 7) is 2.33. The lowest BCUT2D eigenvalue weighted by Gasteiger charge is -2.11. The molecule has 1 amide bonds. The average Bonchev–Trinajstić information content (AvgIpc) is 2.40. The number of esters is 1. The van der Waals surface area contributed by atoms with Gasteiger partial charge in [0.1, 0.15) is 11.4 Å². The van der Waals surface area contributed by atoms with Gasteiger partial charge in [0.15, 0.2) is 6.61 Å². The van der Waals surface area contributed by atoms with Crippen LogP contribution in [0.4, 0.5) is 0 Å². The number of benzene rings is 1. The molecule has 0 fully saturated rings. The molecule has 0 radical (unpaired) electrons. The number of hydrogen-bond acceptors (Lipinski definition) is 5. The Kier molecular flexibility index (Phi) is 7.94. The standard InChI is InChI=1S/C13H15BrCl2N2O5S/c1-7(2)18-11(19)6-23-12(20)5-17-24(21,22)13-9(15)3-8(14)4-10(13)16/h3-4,7,17H,5-6H2,1-2H3,(H,18,19). The zero-order valence-electron chi connectivity index (χ0n) is 12.7. The Morgan fingerprint density at radius 2 is 1.79 bits per heavy atom. The number of hydrogen-bond donors (Lipinski definition) is 2. The van der Waals surface area contributed by atoms with Gasteiger partial charge < -0.3 is 10.1 Å². The van der Waals surface area contributed by atoms with Gasteiger partial charge in [-0.1, -0.05) is 39.1 Å². The number of rotatable bonds is 7. The SMILES string of the molecule is CC(C)NC(=O)COC(=O)CNS(=O)(=O)c1c(Cl)cc(Br)cc1Cl. The van der Waals surface area contributed by atoms with Crippen LogP contribution in [0.5, 0.6) is 0 Å². The van der Waals surface area contributed by atoms with E-state index in [-0.39, 0.29) is 21.0 Å². The normalized spacial score (nSPS) is 11.4. The van der Waals surface area contributed by atoms with Crippen molar-refractivity contribution in [2.75, 3.05) is 13.2 Å². The number of sulfonamides is 1. The van der Waals surface area contributed by atoms with Crippen molar-refractivity contribution in [1.29, 1.82) is 0 Å².